The van der Waals surface area contributed by atoms with Crippen LogP contribution in [0.3, 0.4) is 0 Å². The number of hydrogen-bond donors (Lipinski definition) is 0. The summed E-state index contributed by atoms with van der Waals surface area (Å²) < 4.78 is 292. The van der Waals surface area contributed by atoms with Crippen LogP contribution in [0.25, 0.3) is 0 Å². The van der Waals surface area contributed by atoms with Crippen LogP contribution < -0.4 is 0 Å². The van der Waals surface area contributed by atoms with E-state index in [0.717, 1.165) is 48.4 Å². The molecule has 108 heavy (non-hydrogen) atoms. The van der Waals surface area contributed by atoms with Gasteiger partial charge < -0.3 is 47.4 Å². The Morgan fingerprint density at radius 2 is 0.713 bits per heavy atom. The second kappa shape index (κ2) is 42.5. The highest BCUT2D eigenvalue weighted by molar-refractivity contribution is 7.83. The van der Waals surface area contributed by atoms with Gasteiger partial charge in [0.15, 0.2) is 6.61 Å². The summed E-state index contributed by atoms with van der Waals surface area (Å²) in [4.78, 5) is 112. The van der Waals surface area contributed by atoms with E-state index in [9.17, 15) is 120 Å². The number of alkyl halides is 3. The van der Waals surface area contributed by atoms with Crippen LogP contribution in [0.1, 0.15) is 65.0 Å². The highest BCUT2D eigenvalue weighted by atomic mass is 32.3. The predicted octanol–water partition coefficient (Wildman–Crippen LogP) is -3.88. The molecular weight excluding hydrogens is 1650 g/mol. The van der Waals surface area contributed by atoms with Crippen molar-refractivity contribution in [1.29, 1.82) is 0 Å². The summed E-state index contributed by atoms with van der Waals surface area (Å²) in [5, 5.41) is 0. The number of ether oxygens (including phenoxy) is 10. The van der Waals surface area contributed by atoms with Gasteiger partial charge in [0.25, 0.3) is 6.36 Å². The smallest absolute Gasteiger partial charge is 0.403 e. The summed E-state index contributed by atoms with van der Waals surface area (Å²) in [6.07, 6.45) is -8.83. The van der Waals surface area contributed by atoms with Crippen LogP contribution in [0.15, 0.2) is 30.3 Å². The van der Waals surface area contributed by atoms with Gasteiger partial charge in [-0.1, -0.05) is 62.9 Å². The lowest BCUT2D eigenvalue weighted by Crippen LogP contribution is -2.39. The van der Waals surface area contributed by atoms with Crippen molar-refractivity contribution in [2.24, 2.45) is 0 Å². The first kappa shape index (κ1) is 96.4. The van der Waals surface area contributed by atoms with E-state index in [2.05, 4.69) is 92.3 Å². The fourth-order valence-corrected chi connectivity index (χ4v) is 13.0. The number of esters is 10. The van der Waals surface area contributed by atoms with E-state index in [1.165, 1.54) is 13.8 Å². The summed E-state index contributed by atoms with van der Waals surface area (Å²) >= 11 is 0. The standard InChI is InChI=1S/C12H20O8S.C10H10O6S.C8H12O8S.C6H5FO6S.C6H8O8S.2C4H5FO6S/c1-3-5-7-17-11(13)9-10(20-21(15,16)19-9)12(14)18-8-6-4-2;1-14-10(11)9-8(15-17(12,13)16-9)7-5-3-2-4-6-7;1-3-13-7(9)5-6(8(10)14-4-2)16-17(11,12)15-5;1-2-3-11-5(8)6(7)4-12-14(9,10)13-6;1-11-5(7)3-4(6(8)12-2)14-15(9,10)13-3;1-9-3(6)4(5)2-10-12(7,8)11-4;1-9-4(6)2-3(5)11-12(7,8)10-2/h9-10H,3-8H2,1-2H3;2-6,8-9H,1H3;5-6H,3-4H2,1-2H3;1H,3-4H2;3-4H,1-2H3;2H2,1H3;2-3H,1H3. The summed E-state index contributed by atoms with van der Waals surface area (Å²) in [6.45, 7) is 4.59. The molecule has 7 aliphatic rings. The fraction of sp³-hybridized carbons (Fsp3) is 0.640. The summed E-state index contributed by atoms with van der Waals surface area (Å²) in [6, 6.07) is 8.46. The monoisotopic (exact) mass is 1710 g/mol. The molecule has 0 spiro atoms. The van der Waals surface area contributed by atoms with Gasteiger partial charge in [-0.25, -0.2) is 103 Å². The number of methoxy groups -OCH3 is 5. The van der Waals surface area contributed by atoms with E-state index >= 15 is 0 Å². The Morgan fingerprint density at radius 3 is 1.02 bits per heavy atom. The molecule has 0 aliphatic carbocycles. The number of carbonyl (C=O) groups excluding carboxylic acids is 10. The summed E-state index contributed by atoms with van der Waals surface area (Å²) in [5.41, 5.74) is 0.531. The van der Waals surface area contributed by atoms with Crippen LogP contribution in [-0.2, 0) is 227 Å². The Labute approximate surface area is 612 Å². The molecule has 7 fully saturated rings. The van der Waals surface area contributed by atoms with E-state index in [4.69, 9.17) is 20.1 Å². The molecule has 7 heterocycles. The maximum absolute atomic E-state index is 13.3. The van der Waals surface area contributed by atoms with Gasteiger partial charge >= 0.3 is 144 Å². The minimum Gasteiger partial charge on any atom is -0.467 e. The Kier molecular flexibility index (Phi) is 38.0. The van der Waals surface area contributed by atoms with Crippen molar-refractivity contribution in [3.8, 4) is 12.3 Å². The molecule has 0 bridgehead atoms. The van der Waals surface area contributed by atoms with Gasteiger partial charge in [0.2, 0.25) is 48.8 Å². The summed E-state index contributed by atoms with van der Waals surface area (Å²) in [7, 11) is -25.4. The highest BCUT2D eigenvalue weighted by Gasteiger charge is 2.57. The van der Waals surface area contributed by atoms with E-state index in [-0.39, 0.29) is 26.4 Å². The maximum atomic E-state index is 13.3. The third-order valence-electron chi connectivity index (χ3n) is 11.7. The van der Waals surface area contributed by atoms with E-state index < -0.39 is 225 Å². The van der Waals surface area contributed by atoms with Crippen molar-refractivity contribution < 1.29 is 226 Å². The van der Waals surface area contributed by atoms with Gasteiger partial charge in [0.1, 0.15) is 19.3 Å². The third-order valence-corrected chi connectivity index (χ3v) is 17.9. The zero-order chi connectivity index (χ0) is 82.6. The zero-order valence-electron chi connectivity index (χ0n) is 56.6. The van der Waals surface area contributed by atoms with Gasteiger partial charge in [0, 0.05) is 0 Å². The first-order chi connectivity index (χ1) is 50.0. The normalized spacial score (nSPS) is 28.1. The van der Waals surface area contributed by atoms with Crippen molar-refractivity contribution >= 4 is 132 Å². The molecule has 1 aromatic carbocycles. The molecule has 0 radical (unpaired) electrons. The van der Waals surface area contributed by atoms with Crippen LogP contribution in [0, 0.1) is 12.3 Å². The molecule has 7 aliphatic heterocycles. The number of halogens is 3. The molecule has 0 amide bonds. The first-order valence-corrected chi connectivity index (χ1v) is 38.4. The third kappa shape index (κ3) is 30.7. The number of benzene rings is 1. The molecule has 0 N–H and O–H groups in total. The SMILES string of the molecule is C#CCOC(=O)C1(F)COS(=O)(=O)O1.CCCCOC(=O)C1OS(=O)(=O)OC1C(=O)OCCCC.CCOC(=O)C1OS(=O)(=O)OC1C(=O)OCC.COC(=O)C1(F)COS(=O)(=O)O1.COC(=O)C1OS(=O)(=O)OC1C(=O)OC.COC(=O)C1OS(=O)(=O)OC1F.COC(=O)C1OS(=O)(=O)OC1c1ccccc1. The van der Waals surface area contributed by atoms with E-state index in [1.807, 2.05) is 19.8 Å². The van der Waals surface area contributed by atoms with Crippen molar-refractivity contribution in [2.75, 3.05) is 81.8 Å². The number of rotatable bonds is 20. The van der Waals surface area contributed by atoms with Crippen molar-refractivity contribution in [2.45, 2.75) is 126 Å². The van der Waals surface area contributed by atoms with Crippen LogP contribution >= 0.6 is 0 Å². The molecule has 12 unspecified atom stereocenters. The second-order valence-corrected chi connectivity index (χ2v) is 27.9. The zero-order valence-corrected chi connectivity index (χ0v) is 62.3. The highest BCUT2D eigenvalue weighted by Crippen LogP contribution is 2.35. The van der Waals surface area contributed by atoms with Crippen molar-refractivity contribution in [3.63, 3.8) is 0 Å². The molecule has 48 nitrogen and oxygen atoms in total. The minimum atomic E-state index is -4.45. The largest absolute Gasteiger partial charge is 0.467 e. The minimum absolute atomic E-state index is 0.0221. The van der Waals surface area contributed by atoms with Crippen LogP contribution in [0.5, 0.6) is 0 Å². The average Bonchev–Trinajstić information content (AvgIpc) is 1.67. The Morgan fingerprint density at radius 1 is 0.407 bits per heavy atom. The quantitative estimate of drug-likeness (QED) is 0.0521. The summed E-state index contributed by atoms with van der Waals surface area (Å²) in [5.74, 6) is -15.1. The number of hydrogen-bond acceptors (Lipinski definition) is 48. The molecule has 0 saturated carbocycles. The molecule has 1 aromatic rings. The lowest BCUT2D eigenvalue weighted by molar-refractivity contribution is -0.175. The molecule has 12 atom stereocenters. The predicted molar refractivity (Wildman–Crippen MR) is 324 cm³/mol. The van der Waals surface area contributed by atoms with Crippen molar-refractivity contribution in [3.05, 3.63) is 35.9 Å². The lowest BCUT2D eigenvalue weighted by atomic mass is 10.0. The van der Waals surface area contributed by atoms with Gasteiger partial charge in [-0.15, -0.1) is 6.42 Å². The molecule has 8 rings (SSSR count). The second-order valence-electron chi connectivity index (χ2n) is 19.4. The van der Waals surface area contributed by atoms with Gasteiger partial charge in [-0.05, 0) is 32.3 Å². The number of carbonyl (C=O) groups is 10. The molecular formula is C50H65F3O48S7. The number of terminal acetylenes is 1. The number of unbranched alkanes of at least 4 members (excludes halogenated alkanes) is 2. The van der Waals surface area contributed by atoms with Gasteiger partial charge in [-0.3, -0.25) is 0 Å². The van der Waals surface area contributed by atoms with E-state index in [0.29, 0.717) is 18.4 Å². The Hall–Kier alpha value is -7.64. The molecule has 0 aromatic heterocycles. The fourth-order valence-electron chi connectivity index (χ4n) is 7.01. The van der Waals surface area contributed by atoms with Crippen LogP contribution in [0.4, 0.5) is 13.2 Å². The Balaban J connectivity index is 0.000000431. The maximum Gasteiger partial charge on any atom is 0.403 e. The first-order valence-electron chi connectivity index (χ1n) is 29.0. The molecule has 7 saturated heterocycles. The van der Waals surface area contributed by atoms with E-state index in [1.54, 1.807) is 30.3 Å². The molecule has 616 valence electrons. The Bertz CT molecular complexity index is 4080. The van der Waals surface area contributed by atoms with Crippen LogP contribution in [0.2, 0.25) is 0 Å². The van der Waals surface area contributed by atoms with Gasteiger partial charge in [-0.2, -0.15) is 76.1 Å². The van der Waals surface area contributed by atoms with Gasteiger partial charge in [0.05, 0.1) is 62.0 Å². The van der Waals surface area contributed by atoms with Crippen molar-refractivity contribution in [1.82, 2.24) is 0 Å². The van der Waals surface area contributed by atoms with Crippen LogP contribution in [-0.4, -0.2) is 267 Å². The molecule has 58 heteroatoms. The lowest BCUT2D eigenvalue weighted by Gasteiger charge is -2.13. The topological polar surface area (TPSA) is 631 Å². The average molecular weight is 1720 g/mol.